The van der Waals surface area contributed by atoms with Gasteiger partial charge in [0.2, 0.25) is 0 Å². The zero-order chi connectivity index (χ0) is 10.6. The highest BCUT2D eigenvalue weighted by Gasteiger charge is 2.30. The lowest BCUT2D eigenvalue weighted by Gasteiger charge is -2.34. The Kier molecular flexibility index (Phi) is 4.88. The summed E-state index contributed by atoms with van der Waals surface area (Å²) in [6.07, 6.45) is 3.28. The van der Waals surface area contributed by atoms with Crippen molar-refractivity contribution >= 4 is 15.9 Å². The highest BCUT2D eigenvalue weighted by molar-refractivity contribution is 9.09. The molecule has 1 fully saturated rings. The molecule has 1 aliphatic rings. The molecule has 0 bridgehead atoms. The summed E-state index contributed by atoms with van der Waals surface area (Å²) in [6.45, 7) is 7.58. The van der Waals surface area contributed by atoms with Crippen LogP contribution < -0.4 is 0 Å². The summed E-state index contributed by atoms with van der Waals surface area (Å²) >= 11 is 3.63. The number of halogens is 1. The number of aliphatic hydroxyl groups excluding tert-OH is 1. The zero-order valence-electron chi connectivity index (χ0n) is 9.30. The second-order valence-electron chi connectivity index (χ2n) is 4.52. The Morgan fingerprint density at radius 3 is 2.43 bits per heavy atom. The van der Waals surface area contributed by atoms with Crippen LogP contribution in [0, 0.1) is 5.41 Å². The predicted octanol–water partition coefficient (Wildman–Crippen LogP) is 2.25. The number of β-amino-alcohol motifs (C(OH)–C–C–N with tert-alkyl or cyclic N) is 1. The number of aliphatic hydroxyl groups is 1. The molecule has 0 amide bonds. The molecule has 0 spiro atoms. The van der Waals surface area contributed by atoms with E-state index in [2.05, 4.69) is 34.7 Å². The Balaban J connectivity index is 2.47. The summed E-state index contributed by atoms with van der Waals surface area (Å²) in [6, 6.07) is 0. The number of likely N-dealkylation sites (tertiary alicyclic amines) is 1. The number of alkyl halides is 1. The molecule has 0 radical (unpaired) electrons. The van der Waals surface area contributed by atoms with Crippen LogP contribution >= 0.6 is 15.9 Å². The van der Waals surface area contributed by atoms with Gasteiger partial charge in [0.1, 0.15) is 0 Å². The summed E-state index contributed by atoms with van der Waals surface area (Å²) in [5, 5.41) is 10.5. The molecule has 3 heteroatoms. The van der Waals surface area contributed by atoms with E-state index >= 15 is 0 Å². The maximum absolute atomic E-state index is 9.46. The van der Waals surface area contributed by atoms with Gasteiger partial charge in [-0.2, -0.15) is 0 Å². The molecule has 2 nitrogen and oxygen atoms in total. The molecule has 0 aliphatic carbocycles. The molecule has 1 saturated heterocycles. The summed E-state index contributed by atoms with van der Waals surface area (Å²) in [5.74, 6) is 0. The van der Waals surface area contributed by atoms with Gasteiger partial charge < -0.3 is 10.0 Å². The van der Waals surface area contributed by atoms with Crippen molar-refractivity contribution in [3.63, 3.8) is 0 Å². The summed E-state index contributed by atoms with van der Waals surface area (Å²) in [5.41, 5.74) is 0.407. The van der Waals surface area contributed by atoms with E-state index in [9.17, 15) is 5.11 Å². The molecule has 14 heavy (non-hydrogen) atoms. The van der Waals surface area contributed by atoms with Gasteiger partial charge >= 0.3 is 0 Å². The molecule has 1 N–H and O–H groups in total. The smallest absolute Gasteiger partial charge is 0.0679 e. The third kappa shape index (κ3) is 2.94. The predicted molar refractivity (Wildman–Crippen MR) is 63.9 cm³/mol. The van der Waals surface area contributed by atoms with E-state index in [-0.39, 0.29) is 6.10 Å². The van der Waals surface area contributed by atoms with Gasteiger partial charge in [0, 0.05) is 25.0 Å². The van der Waals surface area contributed by atoms with Crippen LogP contribution in [0.15, 0.2) is 0 Å². The summed E-state index contributed by atoms with van der Waals surface area (Å²) in [4.78, 5) is 2.40. The second-order valence-corrected chi connectivity index (χ2v) is 5.08. The minimum absolute atomic E-state index is 0.0864. The Labute approximate surface area is 95.8 Å². The maximum Gasteiger partial charge on any atom is 0.0679 e. The molecule has 0 saturated carbocycles. The molecule has 1 unspecified atom stereocenters. The number of hydrogen-bond donors (Lipinski definition) is 1. The largest absolute Gasteiger partial charge is 0.392 e. The zero-order valence-corrected chi connectivity index (χ0v) is 10.9. The monoisotopic (exact) mass is 263 g/mol. The van der Waals surface area contributed by atoms with Gasteiger partial charge in [0.15, 0.2) is 0 Å². The fourth-order valence-corrected chi connectivity index (χ4v) is 3.11. The minimum Gasteiger partial charge on any atom is -0.392 e. The fraction of sp³-hybridized carbons (Fsp3) is 1.00. The third-order valence-corrected chi connectivity index (χ3v) is 4.78. The van der Waals surface area contributed by atoms with Gasteiger partial charge in [-0.15, -0.1) is 0 Å². The fourth-order valence-electron chi connectivity index (χ4n) is 2.14. The van der Waals surface area contributed by atoms with Gasteiger partial charge in [-0.25, -0.2) is 0 Å². The molecule has 1 rings (SSSR count). The van der Waals surface area contributed by atoms with E-state index in [4.69, 9.17) is 0 Å². The lowest BCUT2D eigenvalue weighted by molar-refractivity contribution is 0.145. The standard InChI is InChI=1S/C11H22BrNO/c1-3-11(4-2,8-12)9-13-6-5-10(14)7-13/h10,14H,3-9H2,1-2H3. The lowest BCUT2D eigenvalue weighted by Crippen LogP contribution is -2.37. The Morgan fingerprint density at radius 1 is 1.43 bits per heavy atom. The van der Waals surface area contributed by atoms with Crippen molar-refractivity contribution in [3.05, 3.63) is 0 Å². The highest BCUT2D eigenvalue weighted by Crippen LogP contribution is 2.31. The topological polar surface area (TPSA) is 23.5 Å². The van der Waals surface area contributed by atoms with E-state index in [0.29, 0.717) is 5.41 Å². The van der Waals surface area contributed by atoms with Crippen molar-refractivity contribution in [3.8, 4) is 0 Å². The first-order chi connectivity index (χ1) is 6.65. The summed E-state index contributed by atoms with van der Waals surface area (Å²) < 4.78 is 0. The van der Waals surface area contributed by atoms with Crippen molar-refractivity contribution in [1.82, 2.24) is 4.90 Å². The van der Waals surface area contributed by atoms with Crippen LogP contribution in [0.3, 0.4) is 0 Å². The molecule has 1 heterocycles. The van der Waals surface area contributed by atoms with Crippen LogP contribution in [0.25, 0.3) is 0 Å². The molecular weight excluding hydrogens is 242 g/mol. The van der Waals surface area contributed by atoms with Crippen LogP contribution in [-0.2, 0) is 0 Å². The van der Waals surface area contributed by atoms with Crippen molar-refractivity contribution in [1.29, 1.82) is 0 Å². The normalized spacial score (nSPS) is 24.4. The maximum atomic E-state index is 9.46. The van der Waals surface area contributed by atoms with Crippen molar-refractivity contribution < 1.29 is 5.11 Å². The third-order valence-electron chi connectivity index (χ3n) is 3.59. The quantitative estimate of drug-likeness (QED) is 0.770. The van der Waals surface area contributed by atoms with Gasteiger partial charge in [-0.3, -0.25) is 0 Å². The number of hydrogen-bond acceptors (Lipinski definition) is 2. The number of rotatable bonds is 5. The summed E-state index contributed by atoms with van der Waals surface area (Å²) in [7, 11) is 0. The van der Waals surface area contributed by atoms with Crippen LogP contribution in [0.5, 0.6) is 0 Å². The van der Waals surface area contributed by atoms with Crippen LogP contribution in [0.2, 0.25) is 0 Å². The average molecular weight is 264 g/mol. The highest BCUT2D eigenvalue weighted by atomic mass is 79.9. The van der Waals surface area contributed by atoms with E-state index in [1.54, 1.807) is 0 Å². The average Bonchev–Trinajstić information content (AvgIpc) is 2.61. The van der Waals surface area contributed by atoms with Crippen molar-refractivity contribution in [2.45, 2.75) is 39.2 Å². The molecule has 84 valence electrons. The Hall–Kier alpha value is 0.400. The Bertz CT molecular complexity index is 162. The van der Waals surface area contributed by atoms with Gasteiger partial charge in [-0.1, -0.05) is 29.8 Å². The van der Waals surface area contributed by atoms with Crippen molar-refractivity contribution in [2.75, 3.05) is 25.0 Å². The molecule has 1 atom stereocenters. The van der Waals surface area contributed by atoms with Gasteiger partial charge in [0.25, 0.3) is 0 Å². The first kappa shape index (κ1) is 12.5. The van der Waals surface area contributed by atoms with Gasteiger partial charge in [-0.05, 0) is 24.7 Å². The van der Waals surface area contributed by atoms with Crippen LogP contribution in [-0.4, -0.2) is 41.1 Å². The SMILES string of the molecule is CCC(CC)(CBr)CN1CCC(O)C1. The molecule has 1 aliphatic heterocycles. The van der Waals surface area contributed by atoms with Crippen molar-refractivity contribution in [2.24, 2.45) is 5.41 Å². The first-order valence-corrected chi connectivity index (χ1v) is 6.74. The van der Waals surface area contributed by atoms with Crippen LogP contribution in [0.1, 0.15) is 33.1 Å². The first-order valence-electron chi connectivity index (χ1n) is 5.62. The molecular formula is C11H22BrNO. The molecule has 0 aromatic rings. The second kappa shape index (κ2) is 5.47. The van der Waals surface area contributed by atoms with E-state index < -0.39 is 0 Å². The van der Waals surface area contributed by atoms with Crippen LogP contribution in [0.4, 0.5) is 0 Å². The van der Waals surface area contributed by atoms with E-state index in [1.165, 1.54) is 12.8 Å². The van der Waals surface area contributed by atoms with Gasteiger partial charge in [0.05, 0.1) is 6.10 Å². The Morgan fingerprint density at radius 2 is 2.07 bits per heavy atom. The van der Waals surface area contributed by atoms with E-state index in [0.717, 1.165) is 31.4 Å². The van der Waals surface area contributed by atoms with E-state index in [1.807, 2.05) is 0 Å². The minimum atomic E-state index is -0.0864. The lowest BCUT2D eigenvalue weighted by atomic mass is 9.84. The molecule has 0 aromatic heterocycles. The number of nitrogens with zero attached hydrogens (tertiary/aromatic N) is 1. The molecule has 0 aromatic carbocycles.